The number of aliphatic hydroxyl groups excluding tert-OH is 1. The lowest BCUT2D eigenvalue weighted by molar-refractivity contribution is -0.143. The van der Waals surface area contributed by atoms with Gasteiger partial charge in [0.2, 0.25) is 5.91 Å². The van der Waals surface area contributed by atoms with Crippen LogP contribution < -0.4 is 0 Å². The number of aromatic nitrogens is 3. The third-order valence-electron chi connectivity index (χ3n) is 4.87. The summed E-state index contributed by atoms with van der Waals surface area (Å²) >= 11 is 0. The van der Waals surface area contributed by atoms with Crippen molar-refractivity contribution in [1.29, 1.82) is 0 Å². The second kappa shape index (κ2) is 5.95. The Bertz CT molecular complexity index is 645. The number of carbonyl (C=O) groups excluding carboxylic acids is 2. The second-order valence-electron chi connectivity index (χ2n) is 8.17. The highest BCUT2D eigenvalue weighted by molar-refractivity contribution is 5.90. The van der Waals surface area contributed by atoms with Crippen molar-refractivity contribution in [3.05, 3.63) is 11.9 Å². The molecule has 0 spiro atoms. The molecule has 132 valence electrons. The number of β-amino-alcohol motifs (C(OH)–C–C–N with tert-alkyl or cyclic N) is 1. The van der Waals surface area contributed by atoms with Crippen molar-refractivity contribution in [3.8, 4) is 0 Å². The van der Waals surface area contributed by atoms with E-state index in [1.54, 1.807) is 4.68 Å². The summed E-state index contributed by atoms with van der Waals surface area (Å²) in [6.07, 6.45) is 3.76. The quantitative estimate of drug-likeness (QED) is 0.896. The van der Waals surface area contributed by atoms with E-state index in [0.29, 0.717) is 12.3 Å². The molecule has 1 amide bonds. The summed E-state index contributed by atoms with van der Waals surface area (Å²) < 4.78 is 1.64. The Morgan fingerprint density at radius 3 is 2.54 bits per heavy atom. The molecule has 7 nitrogen and oxygen atoms in total. The first-order valence-corrected chi connectivity index (χ1v) is 8.59. The molecule has 3 rings (SSSR count). The van der Waals surface area contributed by atoms with Crippen molar-refractivity contribution in [3.63, 3.8) is 0 Å². The number of amides is 1. The summed E-state index contributed by atoms with van der Waals surface area (Å²) in [5, 5.41) is 18.3. The zero-order valence-corrected chi connectivity index (χ0v) is 14.8. The van der Waals surface area contributed by atoms with Crippen LogP contribution >= 0.6 is 0 Å². The molecule has 2 fully saturated rings. The number of ketones is 1. The van der Waals surface area contributed by atoms with Gasteiger partial charge in [-0.25, -0.2) is 4.68 Å². The number of carbonyl (C=O) groups is 2. The minimum Gasteiger partial charge on any atom is -0.391 e. The molecule has 1 unspecified atom stereocenters. The second-order valence-corrected chi connectivity index (χ2v) is 8.17. The Hall–Kier alpha value is -1.76. The van der Waals surface area contributed by atoms with Gasteiger partial charge in [-0.05, 0) is 25.2 Å². The number of hydrogen-bond donors (Lipinski definition) is 1. The van der Waals surface area contributed by atoms with E-state index in [9.17, 15) is 14.7 Å². The van der Waals surface area contributed by atoms with Gasteiger partial charge in [-0.15, -0.1) is 5.10 Å². The van der Waals surface area contributed by atoms with Gasteiger partial charge in [-0.3, -0.25) is 9.59 Å². The van der Waals surface area contributed by atoms with Gasteiger partial charge < -0.3 is 10.0 Å². The van der Waals surface area contributed by atoms with E-state index in [1.165, 1.54) is 11.8 Å². The van der Waals surface area contributed by atoms with Crippen LogP contribution in [0, 0.1) is 5.41 Å². The van der Waals surface area contributed by atoms with Crippen LogP contribution in [0.25, 0.3) is 0 Å². The molecule has 1 aliphatic heterocycles. The first-order chi connectivity index (χ1) is 11.2. The lowest BCUT2D eigenvalue weighted by Crippen LogP contribution is -2.47. The fraction of sp³-hybridized carbons (Fsp3) is 0.765. The molecule has 3 atom stereocenters. The van der Waals surface area contributed by atoms with Crippen LogP contribution in [0.2, 0.25) is 0 Å². The summed E-state index contributed by atoms with van der Waals surface area (Å²) in [6, 6.07) is -1.10. The smallest absolute Gasteiger partial charge is 0.248 e. The molecule has 0 bridgehead atoms. The van der Waals surface area contributed by atoms with Crippen LogP contribution in [-0.2, 0) is 9.59 Å². The topological polar surface area (TPSA) is 88.3 Å². The van der Waals surface area contributed by atoms with Crippen molar-refractivity contribution in [1.82, 2.24) is 19.9 Å². The number of rotatable bonds is 4. The van der Waals surface area contributed by atoms with Crippen molar-refractivity contribution in [2.45, 2.75) is 71.1 Å². The predicted molar refractivity (Wildman–Crippen MR) is 87.3 cm³/mol. The largest absolute Gasteiger partial charge is 0.391 e. The highest BCUT2D eigenvalue weighted by atomic mass is 16.3. The first-order valence-electron chi connectivity index (χ1n) is 8.59. The van der Waals surface area contributed by atoms with Crippen LogP contribution in [0.3, 0.4) is 0 Å². The number of nitrogens with zero attached hydrogens (tertiary/aromatic N) is 4. The highest BCUT2D eigenvalue weighted by Gasteiger charge is 2.44. The summed E-state index contributed by atoms with van der Waals surface area (Å²) in [4.78, 5) is 26.6. The summed E-state index contributed by atoms with van der Waals surface area (Å²) in [7, 11) is 0. The lowest BCUT2D eigenvalue weighted by Gasteiger charge is -2.34. The van der Waals surface area contributed by atoms with Crippen LogP contribution in [-0.4, -0.2) is 55.4 Å². The van der Waals surface area contributed by atoms with E-state index >= 15 is 0 Å². The molecule has 2 aliphatic rings. The van der Waals surface area contributed by atoms with E-state index < -0.39 is 18.2 Å². The van der Waals surface area contributed by atoms with Crippen molar-refractivity contribution >= 4 is 11.7 Å². The summed E-state index contributed by atoms with van der Waals surface area (Å²) in [6.45, 7) is 7.59. The molecule has 0 radical (unpaired) electrons. The third kappa shape index (κ3) is 3.22. The Balaban J connectivity index is 1.90. The molecule has 1 saturated carbocycles. The Kier molecular flexibility index (Phi) is 4.23. The predicted octanol–water partition coefficient (Wildman–Crippen LogP) is 1.29. The number of hydrogen-bond acceptors (Lipinski definition) is 5. The molecular formula is C17H26N4O3. The zero-order chi connectivity index (χ0) is 17.6. The first kappa shape index (κ1) is 17.1. The van der Waals surface area contributed by atoms with Gasteiger partial charge in [0, 0.05) is 25.1 Å². The highest BCUT2D eigenvalue weighted by Crippen LogP contribution is 2.40. The fourth-order valence-electron chi connectivity index (χ4n) is 3.46. The van der Waals surface area contributed by atoms with E-state index in [4.69, 9.17) is 0 Å². The van der Waals surface area contributed by atoms with Crippen LogP contribution in [0.4, 0.5) is 0 Å². The van der Waals surface area contributed by atoms with Crippen LogP contribution in [0.5, 0.6) is 0 Å². The Morgan fingerprint density at radius 2 is 2.00 bits per heavy atom. The average Bonchev–Trinajstić information content (AvgIpc) is 3.07. The van der Waals surface area contributed by atoms with E-state index in [-0.39, 0.29) is 23.7 Å². The SMILES string of the molecule is CC(=O)[C@@H]1CC(O)CN1C(=O)[C@@H](n1cc(C2CC2)nn1)C(C)(C)C. The van der Waals surface area contributed by atoms with E-state index in [0.717, 1.165) is 18.5 Å². The van der Waals surface area contributed by atoms with Gasteiger partial charge in [-0.2, -0.15) is 0 Å². The molecule has 2 heterocycles. The Morgan fingerprint density at radius 1 is 1.33 bits per heavy atom. The molecule has 1 aromatic rings. The molecule has 1 N–H and O–H groups in total. The van der Waals surface area contributed by atoms with Gasteiger partial charge in [-0.1, -0.05) is 26.0 Å². The van der Waals surface area contributed by atoms with Gasteiger partial charge in [0.05, 0.1) is 17.8 Å². The molecule has 7 heteroatoms. The van der Waals surface area contributed by atoms with E-state index in [2.05, 4.69) is 10.3 Å². The van der Waals surface area contributed by atoms with Gasteiger partial charge >= 0.3 is 0 Å². The number of likely N-dealkylation sites (tertiary alicyclic amines) is 1. The molecule has 24 heavy (non-hydrogen) atoms. The molecule has 0 aromatic carbocycles. The lowest BCUT2D eigenvalue weighted by atomic mass is 9.85. The van der Waals surface area contributed by atoms with Crippen molar-refractivity contribution in [2.75, 3.05) is 6.54 Å². The Labute approximate surface area is 142 Å². The molecule has 1 aliphatic carbocycles. The molecular weight excluding hydrogens is 308 g/mol. The number of Topliss-reactive ketones (excluding diaryl/α,β-unsaturated/α-hetero) is 1. The van der Waals surface area contributed by atoms with Crippen molar-refractivity contribution < 1.29 is 14.7 Å². The molecule has 1 aromatic heterocycles. The minimum absolute atomic E-state index is 0.0928. The third-order valence-corrected chi connectivity index (χ3v) is 4.87. The van der Waals surface area contributed by atoms with Gasteiger partial charge in [0.25, 0.3) is 0 Å². The van der Waals surface area contributed by atoms with E-state index in [1.807, 2.05) is 27.0 Å². The maximum Gasteiger partial charge on any atom is 0.248 e. The monoisotopic (exact) mass is 334 g/mol. The van der Waals surface area contributed by atoms with Gasteiger partial charge in [0.1, 0.15) is 6.04 Å². The minimum atomic E-state index is -0.652. The molecule has 1 saturated heterocycles. The maximum absolute atomic E-state index is 13.2. The average molecular weight is 334 g/mol. The zero-order valence-electron chi connectivity index (χ0n) is 14.8. The van der Waals surface area contributed by atoms with Crippen LogP contribution in [0.1, 0.15) is 64.6 Å². The fourth-order valence-corrected chi connectivity index (χ4v) is 3.46. The van der Waals surface area contributed by atoms with Gasteiger partial charge in [0.15, 0.2) is 5.78 Å². The standard InChI is InChI=1S/C17H26N4O3/c1-10(22)14-7-12(23)8-20(14)16(24)15(17(2,3)4)21-9-13(18-19-21)11-5-6-11/h9,11-12,14-15,23H,5-8H2,1-4H3/t12?,14-,15+/m0/s1. The number of aliphatic hydroxyl groups is 1. The maximum atomic E-state index is 13.2. The van der Waals surface area contributed by atoms with Crippen LogP contribution in [0.15, 0.2) is 6.20 Å². The summed E-state index contributed by atoms with van der Waals surface area (Å²) in [5.74, 6) is 0.198. The summed E-state index contributed by atoms with van der Waals surface area (Å²) in [5.41, 5.74) is 0.544. The van der Waals surface area contributed by atoms with Crippen molar-refractivity contribution in [2.24, 2.45) is 5.41 Å². The normalized spacial score (nSPS) is 25.8.